The third kappa shape index (κ3) is 1.98. The number of aromatic carboxylic acids is 1. The molecular weight excluding hydrogens is 347 g/mol. The number of aromatic amines is 1. The lowest BCUT2D eigenvalue weighted by Crippen LogP contribution is -2.03. The fraction of sp³-hybridized carbons (Fsp3) is 0.0625. The van der Waals surface area contributed by atoms with Crippen molar-refractivity contribution in [1.29, 1.82) is 0 Å². The number of hydrogen-bond donors (Lipinski definition) is 2. The second kappa shape index (κ2) is 4.67. The minimum absolute atomic E-state index is 0.0456. The molecule has 0 aliphatic heterocycles. The van der Waals surface area contributed by atoms with Gasteiger partial charge in [-0.15, -0.1) is 0 Å². The SMILES string of the molecule is O=C(O)c1ccc(Cl)c2oc3c4cc(C(F)(F)F)ccc4[nH]c3c12. The molecule has 0 unspecified atom stereocenters. The zero-order valence-electron chi connectivity index (χ0n) is 11.7. The van der Waals surface area contributed by atoms with Gasteiger partial charge in [0.15, 0.2) is 11.2 Å². The van der Waals surface area contributed by atoms with Crippen LogP contribution in [0, 0.1) is 0 Å². The van der Waals surface area contributed by atoms with Gasteiger partial charge in [-0.25, -0.2) is 4.79 Å². The van der Waals surface area contributed by atoms with Gasteiger partial charge in [-0.05, 0) is 30.3 Å². The first kappa shape index (κ1) is 14.9. The zero-order chi connectivity index (χ0) is 17.2. The highest BCUT2D eigenvalue weighted by Crippen LogP contribution is 2.40. The summed E-state index contributed by atoms with van der Waals surface area (Å²) >= 11 is 6.04. The minimum atomic E-state index is -4.49. The third-order valence-corrected chi connectivity index (χ3v) is 4.17. The summed E-state index contributed by atoms with van der Waals surface area (Å²) in [6, 6.07) is 5.90. The van der Waals surface area contributed by atoms with Gasteiger partial charge >= 0.3 is 12.1 Å². The number of alkyl halides is 3. The molecule has 24 heavy (non-hydrogen) atoms. The number of furan rings is 1. The number of hydrogen-bond acceptors (Lipinski definition) is 2. The zero-order valence-corrected chi connectivity index (χ0v) is 12.4. The van der Waals surface area contributed by atoms with E-state index in [1.165, 1.54) is 18.2 Å². The van der Waals surface area contributed by atoms with Gasteiger partial charge in [-0.1, -0.05) is 11.6 Å². The van der Waals surface area contributed by atoms with Crippen molar-refractivity contribution in [2.45, 2.75) is 6.18 Å². The predicted octanol–water partition coefficient (Wildman–Crippen LogP) is 5.44. The van der Waals surface area contributed by atoms with E-state index in [9.17, 15) is 23.1 Å². The minimum Gasteiger partial charge on any atom is -0.478 e. The molecule has 8 heteroatoms. The van der Waals surface area contributed by atoms with E-state index in [1.54, 1.807) is 0 Å². The van der Waals surface area contributed by atoms with Crippen molar-refractivity contribution in [3.8, 4) is 0 Å². The Morgan fingerprint density at radius 1 is 1.17 bits per heavy atom. The molecule has 0 saturated heterocycles. The van der Waals surface area contributed by atoms with E-state index in [0.717, 1.165) is 12.1 Å². The molecule has 0 amide bonds. The molecule has 0 fully saturated rings. The summed E-state index contributed by atoms with van der Waals surface area (Å²) in [4.78, 5) is 14.3. The first-order valence-corrected chi connectivity index (χ1v) is 7.12. The lowest BCUT2D eigenvalue weighted by atomic mass is 10.1. The standard InChI is InChI=1S/C16H7ClF3NO3/c17-9-3-2-7(15(22)23)11-12-13(24-14(9)11)8-5-6(16(18,19)20)1-4-10(8)21-12/h1-5,21H,(H,22,23). The van der Waals surface area contributed by atoms with E-state index in [2.05, 4.69) is 4.98 Å². The molecule has 4 rings (SSSR count). The Morgan fingerprint density at radius 2 is 1.92 bits per heavy atom. The number of carbonyl (C=O) groups is 1. The smallest absolute Gasteiger partial charge is 0.416 e. The van der Waals surface area contributed by atoms with Crippen LogP contribution in [0.15, 0.2) is 34.7 Å². The molecule has 0 atom stereocenters. The molecule has 2 heterocycles. The van der Waals surface area contributed by atoms with Crippen molar-refractivity contribution >= 4 is 50.5 Å². The van der Waals surface area contributed by atoms with Crippen molar-refractivity contribution in [3.63, 3.8) is 0 Å². The maximum absolute atomic E-state index is 12.9. The number of benzene rings is 2. The Labute approximate surface area is 136 Å². The first-order valence-electron chi connectivity index (χ1n) is 6.74. The van der Waals surface area contributed by atoms with Crippen molar-refractivity contribution in [1.82, 2.24) is 4.98 Å². The maximum atomic E-state index is 12.9. The summed E-state index contributed by atoms with van der Waals surface area (Å²) in [7, 11) is 0. The molecule has 2 aromatic carbocycles. The highest BCUT2D eigenvalue weighted by molar-refractivity contribution is 6.37. The van der Waals surface area contributed by atoms with Crippen molar-refractivity contribution in [2.75, 3.05) is 0 Å². The Bertz CT molecular complexity index is 1140. The summed E-state index contributed by atoms with van der Waals surface area (Å²) < 4.78 is 44.4. The predicted molar refractivity (Wildman–Crippen MR) is 82.5 cm³/mol. The largest absolute Gasteiger partial charge is 0.478 e. The van der Waals surface area contributed by atoms with Gasteiger partial charge in [0.05, 0.1) is 27.1 Å². The molecule has 0 saturated carbocycles. The van der Waals surface area contributed by atoms with Crippen LogP contribution < -0.4 is 0 Å². The van der Waals surface area contributed by atoms with Crippen LogP contribution in [0.2, 0.25) is 5.02 Å². The fourth-order valence-corrected chi connectivity index (χ4v) is 3.01. The van der Waals surface area contributed by atoms with Gasteiger partial charge in [0.2, 0.25) is 0 Å². The number of rotatable bonds is 1. The summed E-state index contributed by atoms with van der Waals surface area (Å²) in [5, 5.41) is 9.95. The van der Waals surface area contributed by atoms with Crippen molar-refractivity contribution < 1.29 is 27.5 Å². The Hall–Kier alpha value is -2.67. The van der Waals surface area contributed by atoms with Gasteiger partial charge in [0, 0.05) is 10.9 Å². The highest BCUT2D eigenvalue weighted by Gasteiger charge is 2.31. The number of aromatic nitrogens is 1. The first-order chi connectivity index (χ1) is 11.3. The van der Waals surface area contributed by atoms with Crippen LogP contribution >= 0.6 is 11.6 Å². The summed E-state index contributed by atoms with van der Waals surface area (Å²) in [5.74, 6) is -1.19. The third-order valence-electron chi connectivity index (χ3n) is 3.87. The topological polar surface area (TPSA) is 66.2 Å². The monoisotopic (exact) mass is 353 g/mol. The van der Waals surface area contributed by atoms with Crippen LogP contribution in [0.5, 0.6) is 0 Å². The van der Waals surface area contributed by atoms with Crippen LogP contribution in [0.25, 0.3) is 33.0 Å². The number of carboxylic acid groups (broad SMARTS) is 1. The molecule has 0 radical (unpaired) electrons. The van der Waals surface area contributed by atoms with E-state index in [-0.39, 0.29) is 32.5 Å². The molecule has 4 nitrogen and oxygen atoms in total. The summed E-state index contributed by atoms with van der Waals surface area (Å²) in [5.41, 5.74) is 0.115. The Morgan fingerprint density at radius 3 is 2.58 bits per heavy atom. The fourth-order valence-electron chi connectivity index (χ4n) is 2.81. The molecule has 0 spiro atoms. The van der Waals surface area contributed by atoms with Crippen molar-refractivity contribution in [2.24, 2.45) is 0 Å². The summed E-state index contributed by atoms with van der Waals surface area (Å²) in [6.45, 7) is 0. The van der Waals surface area contributed by atoms with E-state index >= 15 is 0 Å². The van der Waals surface area contributed by atoms with Crippen LogP contribution in [-0.2, 0) is 6.18 Å². The maximum Gasteiger partial charge on any atom is 0.416 e. The average Bonchev–Trinajstić information content (AvgIpc) is 3.03. The molecule has 0 aliphatic rings. The Balaban J connectivity index is 2.17. The molecule has 4 aromatic rings. The summed E-state index contributed by atoms with van der Waals surface area (Å²) in [6.07, 6.45) is -4.49. The van der Waals surface area contributed by atoms with Crippen LogP contribution in [0.3, 0.4) is 0 Å². The van der Waals surface area contributed by atoms with Gasteiger partial charge in [-0.2, -0.15) is 13.2 Å². The van der Waals surface area contributed by atoms with Gasteiger partial charge in [-0.3, -0.25) is 0 Å². The Kier molecular flexibility index (Phi) is 2.90. The molecule has 2 N–H and O–H groups in total. The number of fused-ring (bicyclic) bond motifs is 5. The lowest BCUT2D eigenvalue weighted by Gasteiger charge is -2.05. The second-order valence-corrected chi connectivity index (χ2v) is 5.70. The molecule has 2 aromatic heterocycles. The van der Waals surface area contributed by atoms with Crippen molar-refractivity contribution in [3.05, 3.63) is 46.5 Å². The normalized spacial score (nSPS) is 12.5. The van der Waals surface area contributed by atoms with Crippen LogP contribution in [0.1, 0.15) is 15.9 Å². The number of H-pyrrole nitrogens is 1. The molecule has 0 aliphatic carbocycles. The highest BCUT2D eigenvalue weighted by atomic mass is 35.5. The number of carboxylic acids is 1. The average molecular weight is 354 g/mol. The molecular formula is C16H7ClF3NO3. The quantitative estimate of drug-likeness (QED) is 0.479. The van der Waals surface area contributed by atoms with Gasteiger partial charge in [0.1, 0.15) is 0 Å². The second-order valence-electron chi connectivity index (χ2n) is 5.29. The van der Waals surface area contributed by atoms with Crippen LogP contribution in [0.4, 0.5) is 13.2 Å². The van der Waals surface area contributed by atoms with E-state index in [1.807, 2.05) is 0 Å². The molecule has 0 bridgehead atoms. The van der Waals surface area contributed by atoms with E-state index in [4.69, 9.17) is 16.0 Å². The van der Waals surface area contributed by atoms with E-state index in [0.29, 0.717) is 11.0 Å². The lowest BCUT2D eigenvalue weighted by molar-refractivity contribution is -0.137. The molecule has 122 valence electrons. The van der Waals surface area contributed by atoms with Crippen LogP contribution in [-0.4, -0.2) is 16.1 Å². The van der Waals surface area contributed by atoms with Gasteiger partial charge in [0.25, 0.3) is 0 Å². The van der Waals surface area contributed by atoms with Gasteiger partial charge < -0.3 is 14.5 Å². The van der Waals surface area contributed by atoms with E-state index < -0.39 is 17.7 Å². The number of nitrogens with one attached hydrogen (secondary N) is 1. The number of halogens is 4.